The van der Waals surface area contributed by atoms with Crippen molar-refractivity contribution in [1.29, 1.82) is 0 Å². The van der Waals surface area contributed by atoms with Crippen LogP contribution in [0.5, 0.6) is 0 Å². The average molecular weight is 290 g/mol. The van der Waals surface area contributed by atoms with Crippen LogP contribution in [0.1, 0.15) is 13.8 Å². The molecule has 0 radical (unpaired) electrons. The van der Waals surface area contributed by atoms with Gasteiger partial charge in [0.15, 0.2) is 5.03 Å². The Morgan fingerprint density at radius 2 is 1.95 bits per heavy atom. The van der Waals surface area contributed by atoms with Gasteiger partial charge in [0.25, 0.3) is 0 Å². The van der Waals surface area contributed by atoms with Crippen molar-refractivity contribution in [2.45, 2.75) is 29.8 Å². The number of nitrogens with one attached hydrogen (secondary N) is 1. The van der Waals surface area contributed by atoms with E-state index < -0.39 is 4.92 Å². The highest BCUT2D eigenvalue weighted by molar-refractivity contribution is 7.99. The summed E-state index contributed by atoms with van der Waals surface area (Å²) < 4.78 is 0. The van der Waals surface area contributed by atoms with E-state index in [1.807, 2.05) is 44.2 Å². The average Bonchev–Trinajstić information content (AvgIpc) is 2.39. The normalized spacial score (nSPS) is 10.6. The quantitative estimate of drug-likeness (QED) is 0.516. The zero-order valence-electron chi connectivity index (χ0n) is 11.1. The van der Waals surface area contributed by atoms with Crippen LogP contribution in [0, 0.1) is 10.1 Å². The Morgan fingerprint density at radius 3 is 2.55 bits per heavy atom. The predicted octanol–water partition coefficient (Wildman–Crippen LogP) is 3.36. The van der Waals surface area contributed by atoms with E-state index in [0.717, 1.165) is 4.90 Å². The minimum Gasteiger partial charge on any atom is -0.362 e. The van der Waals surface area contributed by atoms with Crippen LogP contribution in [0.2, 0.25) is 0 Å². The zero-order chi connectivity index (χ0) is 14.5. The molecule has 0 saturated carbocycles. The van der Waals surface area contributed by atoms with Gasteiger partial charge in [0, 0.05) is 10.9 Å². The fraction of sp³-hybridized carbons (Fsp3) is 0.231. The minimum absolute atomic E-state index is 0.0539. The monoisotopic (exact) mass is 290 g/mol. The maximum absolute atomic E-state index is 11.3. The predicted molar refractivity (Wildman–Crippen MR) is 78.0 cm³/mol. The molecule has 0 amide bonds. The molecule has 1 N–H and O–H groups in total. The second kappa shape index (κ2) is 6.33. The van der Waals surface area contributed by atoms with Crippen LogP contribution in [-0.2, 0) is 0 Å². The Bertz CT molecular complexity index is 605. The number of nitro groups is 1. The summed E-state index contributed by atoms with van der Waals surface area (Å²) in [6, 6.07) is 9.46. The van der Waals surface area contributed by atoms with Gasteiger partial charge < -0.3 is 5.32 Å². The van der Waals surface area contributed by atoms with Gasteiger partial charge in [-0.15, -0.1) is 0 Å². The van der Waals surface area contributed by atoms with Crippen molar-refractivity contribution in [3.8, 4) is 0 Å². The molecule has 0 bridgehead atoms. The summed E-state index contributed by atoms with van der Waals surface area (Å²) in [4.78, 5) is 19.7. The third-order valence-corrected chi connectivity index (χ3v) is 3.35. The fourth-order valence-electron chi connectivity index (χ4n) is 1.58. The third kappa shape index (κ3) is 3.45. The van der Waals surface area contributed by atoms with Gasteiger partial charge >= 0.3 is 5.69 Å². The lowest BCUT2D eigenvalue weighted by Crippen LogP contribution is -2.13. The van der Waals surface area contributed by atoms with E-state index in [4.69, 9.17) is 0 Å². The number of aromatic nitrogens is 2. The Hall–Kier alpha value is -2.15. The second-order valence-corrected chi connectivity index (χ2v) is 5.41. The topological polar surface area (TPSA) is 81.0 Å². The number of hydrogen-bond acceptors (Lipinski definition) is 6. The summed E-state index contributed by atoms with van der Waals surface area (Å²) in [5.41, 5.74) is -0.0879. The molecule has 1 aromatic heterocycles. The van der Waals surface area contributed by atoms with Gasteiger partial charge in [-0.05, 0) is 26.0 Å². The molecule has 0 spiro atoms. The molecule has 1 aromatic carbocycles. The summed E-state index contributed by atoms with van der Waals surface area (Å²) in [7, 11) is 0. The van der Waals surface area contributed by atoms with Gasteiger partial charge in [-0.25, -0.2) is 9.97 Å². The highest BCUT2D eigenvalue weighted by Crippen LogP contribution is 2.36. The molecule has 7 heteroatoms. The van der Waals surface area contributed by atoms with E-state index in [9.17, 15) is 10.1 Å². The van der Waals surface area contributed by atoms with Gasteiger partial charge in [-0.3, -0.25) is 10.1 Å². The van der Waals surface area contributed by atoms with E-state index in [1.165, 1.54) is 18.1 Å². The number of anilines is 1. The van der Waals surface area contributed by atoms with Gasteiger partial charge in [-0.2, -0.15) is 0 Å². The molecule has 0 aliphatic heterocycles. The lowest BCUT2D eigenvalue weighted by Gasteiger charge is -2.10. The molecule has 0 saturated heterocycles. The lowest BCUT2D eigenvalue weighted by molar-refractivity contribution is -0.387. The highest BCUT2D eigenvalue weighted by Gasteiger charge is 2.23. The van der Waals surface area contributed by atoms with Crippen LogP contribution in [0.25, 0.3) is 0 Å². The van der Waals surface area contributed by atoms with Crippen LogP contribution in [-0.4, -0.2) is 20.9 Å². The highest BCUT2D eigenvalue weighted by atomic mass is 32.2. The standard InChI is InChI=1S/C13H14N4O2S/c1-9(2)16-12-11(17(18)19)13(15-8-14-12)20-10-6-4-3-5-7-10/h3-9H,1-2H3,(H,14,15,16). The summed E-state index contributed by atoms with van der Waals surface area (Å²) in [5.74, 6) is 0.249. The molecular formula is C13H14N4O2S. The van der Waals surface area contributed by atoms with Gasteiger partial charge in [0.05, 0.1) is 4.92 Å². The number of rotatable bonds is 5. The second-order valence-electron chi connectivity index (χ2n) is 4.35. The molecular weight excluding hydrogens is 276 g/mol. The maximum atomic E-state index is 11.3. The molecule has 0 aliphatic rings. The van der Waals surface area contributed by atoms with Crippen LogP contribution < -0.4 is 5.32 Å². The molecule has 0 unspecified atom stereocenters. The van der Waals surface area contributed by atoms with Gasteiger partial charge in [0.1, 0.15) is 6.33 Å². The van der Waals surface area contributed by atoms with E-state index in [0.29, 0.717) is 5.03 Å². The Labute approximate surface area is 120 Å². The zero-order valence-corrected chi connectivity index (χ0v) is 11.9. The first-order chi connectivity index (χ1) is 9.58. The van der Waals surface area contributed by atoms with Crippen molar-refractivity contribution < 1.29 is 4.92 Å². The Morgan fingerprint density at radius 1 is 1.25 bits per heavy atom. The van der Waals surface area contributed by atoms with Crippen molar-refractivity contribution >= 4 is 23.3 Å². The van der Waals surface area contributed by atoms with Crippen LogP contribution in [0.4, 0.5) is 11.5 Å². The van der Waals surface area contributed by atoms with E-state index in [-0.39, 0.29) is 17.5 Å². The van der Waals surface area contributed by atoms with Crippen molar-refractivity contribution in [2.75, 3.05) is 5.32 Å². The van der Waals surface area contributed by atoms with Crippen LogP contribution >= 0.6 is 11.8 Å². The fourth-order valence-corrected chi connectivity index (χ4v) is 2.47. The van der Waals surface area contributed by atoms with E-state index in [2.05, 4.69) is 15.3 Å². The Kier molecular flexibility index (Phi) is 4.52. The molecule has 0 atom stereocenters. The maximum Gasteiger partial charge on any atom is 0.343 e. The van der Waals surface area contributed by atoms with Crippen LogP contribution in [0.3, 0.4) is 0 Å². The number of benzene rings is 1. The van der Waals surface area contributed by atoms with Gasteiger partial charge in [-0.1, -0.05) is 30.0 Å². The van der Waals surface area contributed by atoms with Crippen molar-refractivity contribution in [1.82, 2.24) is 9.97 Å². The minimum atomic E-state index is -0.448. The van der Waals surface area contributed by atoms with E-state index in [1.54, 1.807) is 0 Å². The number of nitrogens with zero attached hydrogens (tertiary/aromatic N) is 3. The molecule has 2 aromatic rings. The molecule has 20 heavy (non-hydrogen) atoms. The van der Waals surface area contributed by atoms with E-state index >= 15 is 0 Å². The summed E-state index contributed by atoms with van der Waals surface area (Å²) >= 11 is 1.25. The summed E-state index contributed by atoms with van der Waals surface area (Å²) in [6.45, 7) is 3.80. The third-order valence-electron chi connectivity index (χ3n) is 2.35. The smallest absolute Gasteiger partial charge is 0.343 e. The lowest BCUT2D eigenvalue weighted by atomic mass is 10.3. The molecule has 104 valence electrons. The largest absolute Gasteiger partial charge is 0.362 e. The molecule has 0 aliphatic carbocycles. The summed E-state index contributed by atoms with van der Waals surface area (Å²) in [5, 5.41) is 14.6. The van der Waals surface area contributed by atoms with Crippen molar-refractivity contribution in [3.05, 3.63) is 46.8 Å². The summed E-state index contributed by atoms with van der Waals surface area (Å²) in [6.07, 6.45) is 1.34. The van der Waals surface area contributed by atoms with Gasteiger partial charge in [0.2, 0.25) is 5.82 Å². The van der Waals surface area contributed by atoms with Crippen molar-refractivity contribution in [2.24, 2.45) is 0 Å². The molecule has 1 heterocycles. The van der Waals surface area contributed by atoms with Crippen LogP contribution in [0.15, 0.2) is 46.6 Å². The number of hydrogen-bond donors (Lipinski definition) is 1. The molecule has 0 fully saturated rings. The van der Waals surface area contributed by atoms with Crippen molar-refractivity contribution in [3.63, 3.8) is 0 Å². The first-order valence-electron chi connectivity index (χ1n) is 6.06. The first-order valence-corrected chi connectivity index (χ1v) is 6.88. The molecule has 6 nitrogen and oxygen atoms in total. The SMILES string of the molecule is CC(C)Nc1ncnc(Sc2ccccc2)c1[N+](=O)[O-]. The Balaban J connectivity index is 2.39. The molecule has 2 rings (SSSR count). The first kappa shape index (κ1) is 14.3.